The average Bonchev–Trinajstić information content (AvgIpc) is 3.10. The molecular weight excluding hydrogens is 306 g/mol. The molecule has 0 atom stereocenters. The van der Waals surface area contributed by atoms with Gasteiger partial charge in [0, 0.05) is 25.8 Å². The van der Waals surface area contributed by atoms with Crippen molar-refractivity contribution < 1.29 is 14.7 Å². The zero-order chi connectivity index (χ0) is 17.1. The van der Waals surface area contributed by atoms with Gasteiger partial charge in [0.15, 0.2) is 0 Å². The summed E-state index contributed by atoms with van der Waals surface area (Å²) in [6, 6.07) is 8.90. The van der Waals surface area contributed by atoms with Crippen LogP contribution in [0.4, 0.5) is 0 Å². The van der Waals surface area contributed by atoms with Crippen molar-refractivity contribution in [2.45, 2.75) is 32.2 Å². The van der Waals surface area contributed by atoms with Gasteiger partial charge in [-0.25, -0.2) is 4.79 Å². The van der Waals surface area contributed by atoms with Crippen LogP contribution in [0, 0.1) is 0 Å². The first-order chi connectivity index (χ1) is 11.6. The fourth-order valence-electron chi connectivity index (χ4n) is 3.37. The van der Waals surface area contributed by atoms with Gasteiger partial charge in [0.05, 0.1) is 5.56 Å². The third-order valence-corrected chi connectivity index (χ3v) is 4.65. The topological polar surface area (TPSA) is 75.4 Å². The summed E-state index contributed by atoms with van der Waals surface area (Å²) in [5.41, 5.74) is 1.85. The fourth-order valence-corrected chi connectivity index (χ4v) is 3.37. The predicted octanol–water partition coefficient (Wildman–Crippen LogP) is 2.62. The molecule has 6 nitrogen and oxygen atoms in total. The minimum absolute atomic E-state index is 0.000630. The van der Waals surface area contributed by atoms with Gasteiger partial charge in [-0.3, -0.25) is 9.48 Å². The molecule has 6 heteroatoms. The lowest BCUT2D eigenvalue weighted by atomic mass is 9.86. The fraction of sp³-hybridized carbons (Fsp3) is 0.389. The Balaban J connectivity index is 1.70. The second-order valence-corrected chi connectivity index (χ2v) is 5.99. The number of likely N-dealkylation sites (tertiary alicyclic amines) is 1. The van der Waals surface area contributed by atoms with Crippen LogP contribution in [0.2, 0.25) is 0 Å². The van der Waals surface area contributed by atoms with Gasteiger partial charge in [0.1, 0.15) is 5.69 Å². The molecule has 126 valence electrons. The maximum atomic E-state index is 12.6. The Hall–Kier alpha value is -2.63. The van der Waals surface area contributed by atoms with E-state index >= 15 is 0 Å². The molecule has 0 aliphatic carbocycles. The quantitative estimate of drug-likeness (QED) is 0.936. The SMILES string of the molecule is CCn1nccc1C(=O)N1CCC(c2ccccc2C(=O)O)CC1. The van der Waals surface area contributed by atoms with E-state index in [1.807, 2.05) is 24.0 Å². The molecule has 24 heavy (non-hydrogen) atoms. The Morgan fingerprint density at radius 3 is 2.58 bits per heavy atom. The van der Waals surface area contributed by atoms with E-state index in [2.05, 4.69) is 5.10 Å². The summed E-state index contributed by atoms with van der Waals surface area (Å²) in [6.07, 6.45) is 3.19. The highest BCUT2D eigenvalue weighted by Gasteiger charge is 2.28. The van der Waals surface area contributed by atoms with E-state index in [1.54, 1.807) is 29.1 Å². The second-order valence-electron chi connectivity index (χ2n) is 5.99. The van der Waals surface area contributed by atoms with Crippen LogP contribution in [0.25, 0.3) is 0 Å². The van der Waals surface area contributed by atoms with Crippen LogP contribution in [-0.4, -0.2) is 44.8 Å². The molecule has 1 N–H and O–H groups in total. The van der Waals surface area contributed by atoms with Crippen LogP contribution in [0.3, 0.4) is 0 Å². The van der Waals surface area contributed by atoms with Gasteiger partial charge < -0.3 is 10.0 Å². The number of carbonyl (C=O) groups excluding carboxylic acids is 1. The third-order valence-electron chi connectivity index (χ3n) is 4.65. The molecule has 0 bridgehead atoms. The molecular formula is C18H21N3O3. The summed E-state index contributed by atoms with van der Waals surface area (Å²) < 4.78 is 1.70. The van der Waals surface area contributed by atoms with Crippen molar-refractivity contribution in [3.05, 3.63) is 53.3 Å². The van der Waals surface area contributed by atoms with E-state index in [-0.39, 0.29) is 11.8 Å². The minimum Gasteiger partial charge on any atom is -0.478 e. The number of aryl methyl sites for hydroxylation is 1. The first-order valence-corrected chi connectivity index (χ1v) is 8.25. The monoisotopic (exact) mass is 327 g/mol. The van der Waals surface area contributed by atoms with Crippen LogP contribution >= 0.6 is 0 Å². The number of aromatic carboxylic acids is 1. The molecule has 3 rings (SSSR count). The second kappa shape index (κ2) is 6.86. The number of nitrogens with zero attached hydrogens (tertiary/aromatic N) is 3. The first-order valence-electron chi connectivity index (χ1n) is 8.25. The van der Waals surface area contributed by atoms with Crippen molar-refractivity contribution in [1.29, 1.82) is 0 Å². The van der Waals surface area contributed by atoms with Gasteiger partial charge in [-0.1, -0.05) is 18.2 Å². The van der Waals surface area contributed by atoms with E-state index < -0.39 is 5.97 Å². The summed E-state index contributed by atoms with van der Waals surface area (Å²) in [5.74, 6) is -0.715. The van der Waals surface area contributed by atoms with Gasteiger partial charge in [-0.15, -0.1) is 0 Å². The molecule has 2 heterocycles. The number of benzene rings is 1. The Labute approximate surface area is 140 Å². The van der Waals surface area contributed by atoms with E-state index in [0.29, 0.717) is 30.9 Å². The normalized spacial score (nSPS) is 15.5. The van der Waals surface area contributed by atoms with E-state index in [9.17, 15) is 14.7 Å². The molecule has 2 aromatic rings. The number of carbonyl (C=O) groups is 2. The predicted molar refractivity (Wildman–Crippen MR) is 89.2 cm³/mol. The molecule has 1 aliphatic rings. The van der Waals surface area contributed by atoms with Crippen LogP contribution in [0.1, 0.15) is 52.1 Å². The summed E-state index contributed by atoms with van der Waals surface area (Å²) in [4.78, 5) is 25.9. The number of piperidine rings is 1. The zero-order valence-corrected chi connectivity index (χ0v) is 13.7. The standard InChI is InChI=1S/C18H21N3O3/c1-2-21-16(7-10-19-21)17(22)20-11-8-13(9-12-20)14-5-3-4-6-15(14)18(23)24/h3-7,10,13H,2,8-9,11-12H2,1H3,(H,23,24). The van der Waals surface area contributed by atoms with Crippen LogP contribution in [-0.2, 0) is 6.54 Å². The van der Waals surface area contributed by atoms with Gasteiger partial charge in [-0.2, -0.15) is 5.10 Å². The van der Waals surface area contributed by atoms with Crippen molar-refractivity contribution in [1.82, 2.24) is 14.7 Å². The van der Waals surface area contributed by atoms with Gasteiger partial charge in [-0.05, 0) is 43.4 Å². The van der Waals surface area contributed by atoms with Gasteiger partial charge in [0.25, 0.3) is 5.91 Å². The minimum atomic E-state index is -0.893. The number of rotatable bonds is 4. The average molecular weight is 327 g/mol. The van der Waals surface area contributed by atoms with Crippen LogP contribution in [0.5, 0.6) is 0 Å². The molecule has 1 aromatic heterocycles. The van der Waals surface area contributed by atoms with Gasteiger partial charge >= 0.3 is 5.97 Å². The Bertz CT molecular complexity index is 745. The number of hydrogen-bond donors (Lipinski definition) is 1. The maximum Gasteiger partial charge on any atom is 0.335 e. The lowest BCUT2D eigenvalue weighted by Gasteiger charge is -2.32. The lowest BCUT2D eigenvalue weighted by molar-refractivity contribution is 0.0675. The van der Waals surface area contributed by atoms with Crippen molar-refractivity contribution in [2.24, 2.45) is 0 Å². The summed E-state index contributed by atoms with van der Waals surface area (Å²) in [5, 5.41) is 13.5. The van der Waals surface area contributed by atoms with Crippen LogP contribution in [0.15, 0.2) is 36.5 Å². The smallest absolute Gasteiger partial charge is 0.335 e. The molecule has 1 fully saturated rings. The number of aromatic nitrogens is 2. The van der Waals surface area contributed by atoms with Crippen molar-refractivity contribution in [3.63, 3.8) is 0 Å². The summed E-state index contributed by atoms with van der Waals surface area (Å²) in [6.45, 7) is 3.88. The van der Waals surface area contributed by atoms with Crippen molar-refractivity contribution >= 4 is 11.9 Å². The highest BCUT2D eigenvalue weighted by molar-refractivity contribution is 5.92. The summed E-state index contributed by atoms with van der Waals surface area (Å²) in [7, 11) is 0. The molecule has 0 radical (unpaired) electrons. The molecule has 1 aromatic carbocycles. The Kier molecular flexibility index (Phi) is 4.64. The Morgan fingerprint density at radius 1 is 1.21 bits per heavy atom. The molecule has 1 saturated heterocycles. The zero-order valence-electron chi connectivity index (χ0n) is 13.7. The lowest BCUT2D eigenvalue weighted by Crippen LogP contribution is -2.39. The van der Waals surface area contributed by atoms with Gasteiger partial charge in [0.2, 0.25) is 0 Å². The van der Waals surface area contributed by atoms with Crippen molar-refractivity contribution in [3.8, 4) is 0 Å². The van der Waals surface area contributed by atoms with E-state index in [4.69, 9.17) is 0 Å². The highest BCUT2D eigenvalue weighted by Crippen LogP contribution is 2.31. The Morgan fingerprint density at radius 2 is 1.92 bits per heavy atom. The molecule has 0 unspecified atom stereocenters. The number of carboxylic acid groups (broad SMARTS) is 1. The molecule has 1 aliphatic heterocycles. The van der Waals surface area contributed by atoms with E-state index in [1.165, 1.54) is 0 Å². The van der Waals surface area contributed by atoms with E-state index in [0.717, 1.165) is 18.4 Å². The number of amides is 1. The van der Waals surface area contributed by atoms with Crippen LogP contribution < -0.4 is 0 Å². The first kappa shape index (κ1) is 16.2. The third kappa shape index (κ3) is 3.04. The maximum absolute atomic E-state index is 12.6. The number of hydrogen-bond acceptors (Lipinski definition) is 3. The highest BCUT2D eigenvalue weighted by atomic mass is 16.4. The number of carboxylic acids is 1. The van der Waals surface area contributed by atoms with Crippen molar-refractivity contribution in [2.75, 3.05) is 13.1 Å². The molecule has 0 saturated carbocycles. The molecule has 1 amide bonds. The molecule has 0 spiro atoms. The largest absolute Gasteiger partial charge is 0.478 e. The summed E-state index contributed by atoms with van der Waals surface area (Å²) >= 11 is 0.